The first kappa shape index (κ1) is 26.8. The van der Waals surface area contributed by atoms with Gasteiger partial charge in [-0.1, -0.05) is 47.5 Å². The van der Waals surface area contributed by atoms with Gasteiger partial charge < -0.3 is 9.47 Å². The predicted molar refractivity (Wildman–Crippen MR) is 130 cm³/mol. The Morgan fingerprint density at radius 3 is 1.49 bits per heavy atom. The van der Waals surface area contributed by atoms with Gasteiger partial charge in [0.15, 0.2) is 0 Å². The van der Waals surface area contributed by atoms with Gasteiger partial charge in [0, 0.05) is 0 Å². The number of rotatable bonds is 12. The summed E-state index contributed by atoms with van der Waals surface area (Å²) in [5.41, 5.74) is 2.58. The summed E-state index contributed by atoms with van der Waals surface area (Å²) in [4.78, 5) is -0.0181. The molecule has 0 spiro atoms. The Hall–Kier alpha value is -2.76. The van der Waals surface area contributed by atoms with Crippen LogP contribution in [0.3, 0.4) is 0 Å². The van der Waals surface area contributed by atoms with Crippen LogP contribution in [0, 0.1) is 13.8 Å². The zero-order valence-corrected chi connectivity index (χ0v) is 21.3. The Labute approximate surface area is 206 Å². The average molecular weight is 521 g/mol. The van der Waals surface area contributed by atoms with E-state index >= 15 is 0 Å². The molecular weight excluding hydrogens is 492 g/mol. The minimum atomic E-state index is -4.08. The molecular formula is C25H28O8S2. The van der Waals surface area contributed by atoms with Crippen LogP contribution in [0.4, 0.5) is 0 Å². The Balaban J connectivity index is 1.71. The average Bonchev–Trinajstić information content (AvgIpc) is 2.84. The van der Waals surface area contributed by atoms with E-state index < -0.39 is 39.6 Å². The highest BCUT2D eigenvalue weighted by molar-refractivity contribution is 7.87. The van der Waals surface area contributed by atoms with Crippen molar-refractivity contribution in [2.75, 3.05) is 20.3 Å². The van der Waals surface area contributed by atoms with Crippen molar-refractivity contribution >= 4 is 20.2 Å². The Kier molecular flexibility index (Phi) is 9.03. The van der Waals surface area contributed by atoms with E-state index in [4.69, 9.17) is 17.8 Å². The van der Waals surface area contributed by atoms with Gasteiger partial charge in [-0.05, 0) is 55.8 Å². The quantitative estimate of drug-likeness (QED) is 0.330. The number of hydrogen-bond acceptors (Lipinski definition) is 8. The molecule has 10 heteroatoms. The van der Waals surface area contributed by atoms with Gasteiger partial charge in [-0.25, -0.2) is 0 Å². The first-order valence-electron chi connectivity index (χ1n) is 10.8. The summed E-state index contributed by atoms with van der Waals surface area (Å²) in [6, 6.07) is 19.5. The van der Waals surface area contributed by atoms with Crippen molar-refractivity contribution in [3.8, 4) is 5.75 Å². The fraction of sp³-hybridized carbons (Fsp3) is 0.280. The molecule has 35 heavy (non-hydrogen) atoms. The molecule has 0 saturated heterocycles. The molecule has 0 bridgehead atoms. The van der Waals surface area contributed by atoms with E-state index in [2.05, 4.69) is 0 Å². The van der Waals surface area contributed by atoms with Gasteiger partial charge in [0.05, 0.1) is 36.7 Å². The van der Waals surface area contributed by atoms with Crippen LogP contribution in [-0.4, -0.2) is 43.3 Å². The molecule has 8 nitrogen and oxygen atoms in total. The summed E-state index contributed by atoms with van der Waals surface area (Å²) < 4.78 is 71.7. The van der Waals surface area contributed by atoms with Gasteiger partial charge in [0.25, 0.3) is 20.2 Å². The van der Waals surface area contributed by atoms with Crippen LogP contribution in [-0.2, 0) is 39.9 Å². The highest BCUT2D eigenvalue weighted by Gasteiger charge is 2.23. The summed E-state index contributed by atoms with van der Waals surface area (Å²) in [5, 5.41) is 0. The molecule has 0 unspecified atom stereocenters. The van der Waals surface area contributed by atoms with Crippen molar-refractivity contribution in [2.24, 2.45) is 0 Å². The van der Waals surface area contributed by atoms with Crippen molar-refractivity contribution in [3.05, 3.63) is 89.5 Å². The van der Waals surface area contributed by atoms with E-state index in [0.29, 0.717) is 5.75 Å². The number of ether oxygens (including phenoxy) is 2. The Morgan fingerprint density at radius 1 is 0.657 bits per heavy atom. The minimum Gasteiger partial charge on any atom is -0.497 e. The maximum Gasteiger partial charge on any atom is 0.297 e. The molecule has 188 valence electrons. The van der Waals surface area contributed by atoms with Crippen molar-refractivity contribution in [1.82, 2.24) is 0 Å². The maximum atomic E-state index is 12.6. The van der Waals surface area contributed by atoms with E-state index in [9.17, 15) is 16.8 Å². The van der Waals surface area contributed by atoms with E-state index in [1.165, 1.54) is 24.3 Å². The van der Waals surface area contributed by atoms with Crippen molar-refractivity contribution < 1.29 is 34.7 Å². The second-order valence-corrected chi connectivity index (χ2v) is 11.1. The molecule has 0 fully saturated rings. The van der Waals surface area contributed by atoms with Crippen LogP contribution in [0.5, 0.6) is 5.75 Å². The Bertz CT molecular complexity index is 1220. The van der Waals surface area contributed by atoms with Gasteiger partial charge in [0.1, 0.15) is 11.9 Å². The fourth-order valence-electron chi connectivity index (χ4n) is 2.96. The van der Waals surface area contributed by atoms with Crippen LogP contribution in [0.15, 0.2) is 82.6 Å². The van der Waals surface area contributed by atoms with Crippen molar-refractivity contribution in [3.63, 3.8) is 0 Å². The molecule has 0 aliphatic rings. The summed E-state index contributed by atoms with van der Waals surface area (Å²) in [6.07, 6.45) is -0.988. The van der Waals surface area contributed by atoms with Crippen LogP contribution in [0.25, 0.3) is 0 Å². The lowest BCUT2D eigenvalue weighted by Gasteiger charge is -2.18. The maximum absolute atomic E-state index is 12.6. The number of methoxy groups -OCH3 is 1. The van der Waals surface area contributed by atoms with E-state index in [0.717, 1.165) is 16.7 Å². The first-order valence-corrected chi connectivity index (χ1v) is 13.6. The smallest absolute Gasteiger partial charge is 0.297 e. The van der Waals surface area contributed by atoms with Gasteiger partial charge >= 0.3 is 0 Å². The van der Waals surface area contributed by atoms with E-state index in [1.54, 1.807) is 55.6 Å². The molecule has 0 atom stereocenters. The molecule has 0 heterocycles. The zero-order chi connectivity index (χ0) is 25.5. The van der Waals surface area contributed by atoms with E-state index in [1.807, 2.05) is 13.8 Å². The van der Waals surface area contributed by atoms with Gasteiger partial charge in [-0.3, -0.25) is 8.37 Å². The molecule has 0 N–H and O–H groups in total. The third-order valence-corrected chi connectivity index (χ3v) is 7.67. The first-order chi connectivity index (χ1) is 16.6. The number of benzene rings is 3. The lowest BCUT2D eigenvalue weighted by atomic mass is 10.2. The summed E-state index contributed by atoms with van der Waals surface area (Å²) in [5.74, 6) is 0.672. The predicted octanol–water partition coefficient (Wildman–Crippen LogP) is 4.01. The normalized spacial score (nSPS) is 12.1. The molecule has 0 saturated carbocycles. The van der Waals surface area contributed by atoms with E-state index in [-0.39, 0.29) is 16.4 Å². The largest absolute Gasteiger partial charge is 0.497 e. The van der Waals surface area contributed by atoms with Crippen LogP contribution in [0.1, 0.15) is 16.7 Å². The molecule has 0 amide bonds. The lowest BCUT2D eigenvalue weighted by Crippen LogP contribution is -2.28. The molecule has 0 aromatic heterocycles. The van der Waals surface area contributed by atoms with Gasteiger partial charge in [0.2, 0.25) is 0 Å². The molecule has 0 aliphatic carbocycles. The third kappa shape index (κ3) is 7.87. The lowest BCUT2D eigenvalue weighted by molar-refractivity contribution is -0.0142. The molecule has 0 radical (unpaired) electrons. The molecule has 3 aromatic carbocycles. The number of hydrogen-bond donors (Lipinski definition) is 0. The minimum absolute atomic E-state index is 0.00907. The monoisotopic (exact) mass is 520 g/mol. The molecule has 0 aliphatic heterocycles. The second kappa shape index (κ2) is 11.8. The summed E-state index contributed by atoms with van der Waals surface area (Å²) >= 11 is 0. The highest BCUT2D eigenvalue weighted by atomic mass is 32.2. The molecule has 3 aromatic rings. The zero-order valence-electron chi connectivity index (χ0n) is 19.7. The topological polar surface area (TPSA) is 105 Å². The van der Waals surface area contributed by atoms with Gasteiger partial charge in [-0.2, -0.15) is 16.8 Å². The Morgan fingerprint density at radius 2 is 1.09 bits per heavy atom. The second-order valence-electron chi connectivity index (χ2n) is 7.88. The highest BCUT2D eigenvalue weighted by Crippen LogP contribution is 2.18. The van der Waals surface area contributed by atoms with Crippen molar-refractivity contribution in [2.45, 2.75) is 36.3 Å². The molecule has 3 rings (SSSR count). The van der Waals surface area contributed by atoms with Crippen LogP contribution in [0.2, 0.25) is 0 Å². The van der Waals surface area contributed by atoms with Crippen molar-refractivity contribution in [1.29, 1.82) is 0 Å². The van der Waals surface area contributed by atoms with Gasteiger partial charge in [-0.15, -0.1) is 0 Å². The number of aryl methyl sites for hydroxylation is 2. The third-order valence-electron chi connectivity index (χ3n) is 5.08. The summed E-state index contributed by atoms with van der Waals surface area (Å²) in [6.45, 7) is 2.89. The fourth-order valence-corrected chi connectivity index (χ4v) is 4.83. The van der Waals surface area contributed by atoms with Crippen LogP contribution < -0.4 is 4.74 Å². The summed E-state index contributed by atoms with van der Waals surface area (Å²) in [7, 11) is -6.60. The van der Waals surface area contributed by atoms with Crippen LogP contribution >= 0.6 is 0 Å². The SMILES string of the molecule is COc1ccc(COC(COS(=O)(=O)c2ccc(C)cc2)COS(=O)(=O)c2ccc(C)cc2)cc1. The standard InChI is InChI=1S/C25H28O8S2/c1-19-4-12-24(13-5-19)34(26,27)32-17-23(31-16-21-8-10-22(30-3)11-9-21)18-33-35(28,29)25-14-6-20(2)7-15-25/h4-15,23H,16-18H2,1-3H3.